The number of rotatable bonds is 0. The van der Waals surface area contributed by atoms with Crippen LogP contribution in [-0.2, 0) is 19.5 Å². The summed E-state index contributed by atoms with van der Waals surface area (Å²) in [5, 5.41) is 13.7. The monoisotopic (exact) mass is 142 g/mol. The zero-order valence-corrected chi connectivity index (χ0v) is 6.29. The van der Waals surface area contributed by atoms with Crippen LogP contribution in [0.3, 0.4) is 0 Å². The zero-order chi connectivity index (χ0) is 3.58. The Kier molecular flexibility index (Phi) is 7.77. The van der Waals surface area contributed by atoms with Gasteiger partial charge in [-0.1, -0.05) is 0 Å². The SMILES string of the molecule is OC(O)=S.[Zn]. The van der Waals surface area contributed by atoms with Crippen molar-refractivity contribution in [1.82, 2.24) is 0 Å². The summed E-state index contributed by atoms with van der Waals surface area (Å²) in [4.78, 5) is 0. The quantitative estimate of drug-likeness (QED) is 0.381. The van der Waals surface area contributed by atoms with E-state index in [-0.39, 0.29) is 19.5 Å². The molecule has 0 aromatic heterocycles. The zero-order valence-electron chi connectivity index (χ0n) is 2.51. The smallest absolute Gasteiger partial charge is 0.347 e. The molecule has 0 aromatic rings. The maximum Gasteiger partial charge on any atom is 0.347 e. The Morgan fingerprint density at radius 2 is 1.40 bits per heavy atom. The average Bonchev–Trinajstić information content (AvgIpc) is 0.811. The van der Waals surface area contributed by atoms with Crippen LogP contribution in [0, 0.1) is 0 Å². The van der Waals surface area contributed by atoms with Gasteiger partial charge in [-0.05, 0) is 0 Å². The van der Waals surface area contributed by atoms with E-state index in [0.29, 0.717) is 0 Å². The van der Waals surface area contributed by atoms with Gasteiger partial charge in [0.15, 0.2) is 0 Å². The predicted molar refractivity (Wildman–Crippen MR) is 17.9 cm³/mol. The molecule has 5 heavy (non-hydrogen) atoms. The van der Waals surface area contributed by atoms with Crippen molar-refractivity contribution in [3.8, 4) is 0 Å². The molecule has 4 heteroatoms. The Hall–Kier alpha value is 0.313. The Morgan fingerprint density at radius 1 is 1.40 bits per heavy atom. The van der Waals surface area contributed by atoms with E-state index < -0.39 is 5.24 Å². The third kappa shape index (κ3) is 235. The van der Waals surface area contributed by atoms with Crippen molar-refractivity contribution in [3.05, 3.63) is 0 Å². The molecule has 0 aliphatic carbocycles. The molecule has 0 aromatic carbocycles. The number of aliphatic hydroxyl groups excluding tert-OH is 1. The molecular formula is CH2O2SZn. The van der Waals surface area contributed by atoms with E-state index in [0.717, 1.165) is 0 Å². The fourth-order valence-corrected chi connectivity index (χ4v) is 0. The van der Waals surface area contributed by atoms with E-state index in [1.165, 1.54) is 0 Å². The van der Waals surface area contributed by atoms with E-state index in [9.17, 15) is 0 Å². The van der Waals surface area contributed by atoms with E-state index in [1.807, 2.05) is 0 Å². The Labute approximate surface area is 47.6 Å². The topological polar surface area (TPSA) is 40.5 Å². The minimum absolute atomic E-state index is 0. The number of hydrogen-bond acceptors (Lipinski definition) is 1. The molecule has 0 fully saturated rings. The molecule has 0 aliphatic rings. The van der Waals surface area contributed by atoms with E-state index in [4.69, 9.17) is 10.2 Å². The molecule has 0 saturated heterocycles. The summed E-state index contributed by atoms with van der Waals surface area (Å²) in [6, 6.07) is 0. The molecule has 2 N–H and O–H groups in total. The van der Waals surface area contributed by atoms with Crippen molar-refractivity contribution in [2.24, 2.45) is 0 Å². The van der Waals surface area contributed by atoms with Gasteiger partial charge in [0.2, 0.25) is 0 Å². The van der Waals surface area contributed by atoms with Gasteiger partial charge in [0.1, 0.15) is 0 Å². The van der Waals surface area contributed by atoms with Gasteiger partial charge in [-0.25, -0.2) is 0 Å². The van der Waals surface area contributed by atoms with Crippen molar-refractivity contribution in [2.75, 3.05) is 0 Å². The molecule has 0 aliphatic heterocycles. The fraction of sp³-hybridized carbons (Fsp3) is 0. The maximum atomic E-state index is 7.34. The minimum atomic E-state index is -1.000. The van der Waals surface area contributed by atoms with E-state index in [1.54, 1.807) is 0 Å². The normalized spacial score (nSPS) is 4.80. The van der Waals surface area contributed by atoms with E-state index >= 15 is 0 Å². The van der Waals surface area contributed by atoms with Gasteiger partial charge in [0, 0.05) is 31.7 Å². The average molecular weight is 143 g/mol. The minimum Gasteiger partial charge on any atom is -0.473 e. The molecule has 0 radical (unpaired) electrons. The Balaban J connectivity index is 0. The van der Waals surface area contributed by atoms with Crippen LogP contribution in [0.5, 0.6) is 0 Å². The second-order valence-electron chi connectivity index (χ2n) is 0.283. The summed E-state index contributed by atoms with van der Waals surface area (Å²) in [6.45, 7) is 0. The third-order valence-corrected chi connectivity index (χ3v) is 0. The first-order valence-corrected chi connectivity index (χ1v) is 1.06. The van der Waals surface area contributed by atoms with Gasteiger partial charge in [0.05, 0.1) is 0 Å². The molecule has 2 nitrogen and oxygen atoms in total. The molecule has 26 valence electrons. The van der Waals surface area contributed by atoms with E-state index in [2.05, 4.69) is 12.2 Å². The van der Waals surface area contributed by atoms with Gasteiger partial charge >= 0.3 is 5.24 Å². The molecule has 0 spiro atoms. The largest absolute Gasteiger partial charge is 0.473 e. The van der Waals surface area contributed by atoms with Crippen LogP contribution in [0.4, 0.5) is 0 Å². The molecule has 0 unspecified atom stereocenters. The molecule has 0 saturated carbocycles. The number of thiocarbonyl (C=S) groups is 1. The summed E-state index contributed by atoms with van der Waals surface area (Å²) < 4.78 is 0. The van der Waals surface area contributed by atoms with Gasteiger partial charge < -0.3 is 10.2 Å². The maximum absolute atomic E-state index is 7.34. The Bertz CT molecular complexity index is 32.6. The molecule has 0 amide bonds. The summed E-state index contributed by atoms with van der Waals surface area (Å²) in [5.74, 6) is 0. The fourth-order valence-electron chi connectivity index (χ4n) is 0. The molecule has 0 rings (SSSR count). The molecule has 0 atom stereocenters. The predicted octanol–water partition coefficient (Wildman–Crippen LogP) is 0.385. The second kappa shape index (κ2) is 4.31. The molecule has 0 bridgehead atoms. The van der Waals surface area contributed by atoms with Crippen LogP contribution < -0.4 is 0 Å². The van der Waals surface area contributed by atoms with Crippen LogP contribution in [0.15, 0.2) is 0 Å². The summed E-state index contributed by atoms with van der Waals surface area (Å²) in [5.41, 5.74) is 0. The van der Waals surface area contributed by atoms with Crippen molar-refractivity contribution in [3.63, 3.8) is 0 Å². The summed E-state index contributed by atoms with van der Waals surface area (Å²) in [7, 11) is 0. The number of aliphatic hydroxyl groups is 2. The second-order valence-corrected chi connectivity index (χ2v) is 0.648. The Morgan fingerprint density at radius 3 is 1.40 bits per heavy atom. The standard InChI is InChI=1S/CH2O2S.Zn/c2-1(3)4;/h(H2,2,3,4);. The first-order chi connectivity index (χ1) is 1.73. The van der Waals surface area contributed by atoms with Gasteiger partial charge in [0.25, 0.3) is 0 Å². The first-order valence-electron chi connectivity index (χ1n) is 0.651. The van der Waals surface area contributed by atoms with Crippen molar-refractivity contribution in [1.29, 1.82) is 0 Å². The summed E-state index contributed by atoms with van der Waals surface area (Å²) >= 11 is 3.65. The first kappa shape index (κ1) is 9.00. The van der Waals surface area contributed by atoms with Crippen molar-refractivity contribution >= 4 is 17.5 Å². The van der Waals surface area contributed by atoms with Gasteiger partial charge in [-0.15, -0.1) is 0 Å². The van der Waals surface area contributed by atoms with Crippen molar-refractivity contribution < 1.29 is 29.7 Å². The molecule has 0 heterocycles. The molecular weight excluding hydrogens is 141 g/mol. The van der Waals surface area contributed by atoms with Crippen LogP contribution in [-0.4, -0.2) is 15.4 Å². The van der Waals surface area contributed by atoms with Gasteiger partial charge in [-0.3, -0.25) is 0 Å². The summed E-state index contributed by atoms with van der Waals surface area (Å²) in [6.07, 6.45) is 0. The van der Waals surface area contributed by atoms with Crippen LogP contribution in [0.1, 0.15) is 0 Å². The van der Waals surface area contributed by atoms with Crippen LogP contribution in [0.2, 0.25) is 0 Å². The third-order valence-electron chi connectivity index (χ3n) is 0. The van der Waals surface area contributed by atoms with Gasteiger partial charge in [-0.2, -0.15) is 0 Å². The van der Waals surface area contributed by atoms with Crippen molar-refractivity contribution in [2.45, 2.75) is 0 Å². The van der Waals surface area contributed by atoms with Crippen LogP contribution in [0.25, 0.3) is 0 Å². The number of hydrogen-bond donors (Lipinski definition) is 2. The van der Waals surface area contributed by atoms with Crippen LogP contribution >= 0.6 is 12.2 Å².